The first-order valence-corrected chi connectivity index (χ1v) is 8.73. The number of ether oxygens (including phenoxy) is 1. The molecular formula is C17H14N6O2S. The number of aromatic amines is 1. The smallest absolute Gasteiger partial charge is 0.284 e. The van der Waals surface area contributed by atoms with Crippen LogP contribution < -0.4 is 21.3 Å². The molecule has 26 heavy (non-hydrogen) atoms. The van der Waals surface area contributed by atoms with Crippen LogP contribution in [0.4, 0.5) is 5.82 Å². The largest absolute Gasteiger partial charge is 0.438 e. The van der Waals surface area contributed by atoms with E-state index in [0.717, 1.165) is 17.1 Å². The third-order valence-electron chi connectivity index (χ3n) is 4.14. The van der Waals surface area contributed by atoms with Gasteiger partial charge in [-0.15, -0.1) is 0 Å². The zero-order valence-corrected chi connectivity index (χ0v) is 14.6. The summed E-state index contributed by atoms with van der Waals surface area (Å²) in [4.78, 5) is 20.7. The molecule has 0 amide bonds. The van der Waals surface area contributed by atoms with Gasteiger partial charge < -0.3 is 15.8 Å². The summed E-state index contributed by atoms with van der Waals surface area (Å²) in [5, 5.41) is 12.8. The lowest BCUT2D eigenvalue weighted by Gasteiger charge is -2.28. The van der Waals surface area contributed by atoms with Crippen molar-refractivity contribution in [2.75, 3.05) is 11.9 Å². The highest BCUT2D eigenvalue weighted by Crippen LogP contribution is 2.48. The van der Waals surface area contributed by atoms with Crippen LogP contribution in [0.25, 0.3) is 10.2 Å². The van der Waals surface area contributed by atoms with Gasteiger partial charge in [0.1, 0.15) is 22.2 Å². The standard InChI is InChI=1S/C17H14N6O2S/c1-2-21-16-11-10(8-4-3-5-20-7-8)9(6-18)15(19)25-13(11)14-12(22-16)17(24)23-26-14/h3-5,7,10H,2,19H2,1H3,(H,21,22)(H,23,24)/t10-/m1/s1. The van der Waals surface area contributed by atoms with Gasteiger partial charge in [-0.2, -0.15) is 5.26 Å². The molecule has 0 unspecified atom stereocenters. The molecule has 1 atom stereocenters. The Kier molecular flexibility index (Phi) is 3.82. The van der Waals surface area contributed by atoms with E-state index < -0.39 is 5.92 Å². The number of nitriles is 1. The quantitative estimate of drug-likeness (QED) is 0.646. The van der Waals surface area contributed by atoms with E-state index >= 15 is 0 Å². The summed E-state index contributed by atoms with van der Waals surface area (Å²) in [5.74, 6) is 0.470. The highest BCUT2D eigenvalue weighted by atomic mass is 32.1. The number of nitrogens with two attached hydrogens (primary N) is 1. The van der Waals surface area contributed by atoms with Gasteiger partial charge >= 0.3 is 0 Å². The molecule has 0 aromatic carbocycles. The maximum atomic E-state index is 12.1. The number of hydrogen-bond donors (Lipinski definition) is 3. The van der Waals surface area contributed by atoms with Crippen molar-refractivity contribution in [2.45, 2.75) is 12.8 Å². The fraction of sp³-hybridized carbons (Fsp3) is 0.176. The number of aromatic nitrogens is 3. The van der Waals surface area contributed by atoms with E-state index in [0.29, 0.717) is 28.4 Å². The number of fused-ring (bicyclic) bond motifs is 3. The van der Waals surface area contributed by atoms with E-state index in [9.17, 15) is 10.1 Å². The van der Waals surface area contributed by atoms with Gasteiger partial charge in [0.05, 0.1) is 11.5 Å². The summed E-state index contributed by atoms with van der Waals surface area (Å²) in [7, 11) is 0. The van der Waals surface area contributed by atoms with Crippen LogP contribution in [-0.4, -0.2) is 20.9 Å². The van der Waals surface area contributed by atoms with Gasteiger partial charge in [0.15, 0.2) is 11.3 Å². The van der Waals surface area contributed by atoms with Crippen molar-refractivity contribution in [1.82, 2.24) is 14.3 Å². The first kappa shape index (κ1) is 16.1. The molecule has 0 aliphatic carbocycles. The molecular weight excluding hydrogens is 352 g/mol. The maximum absolute atomic E-state index is 12.1. The summed E-state index contributed by atoms with van der Waals surface area (Å²) in [6.07, 6.45) is 3.34. The van der Waals surface area contributed by atoms with E-state index in [2.05, 4.69) is 25.7 Å². The Morgan fingerprint density at radius 2 is 2.38 bits per heavy atom. The van der Waals surface area contributed by atoms with Crippen molar-refractivity contribution in [3.63, 3.8) is 0 Å². The first-order valence-electron chi connectivity index (χ1n) is 7.92. The van der Waals surface area contributed by atoms with Gasteiger partial charge in [0, 0.05) is 18.9 Å². The topological polar surface area (TPSA) is 130 Å². The zero-order chi connectivity index (χ0) is 18.3. The second-order valence-electron chi connectivity index (χ2n) is 5.66. The van der Waals surface area contributed by atoms with E-state index in [1.54, 1.807) is 18.5 Å². The lowest BCUT2D eigenvalue weighted by atomic mass is 9.84. The Balaban J connectivity index is 2.10. The number of anilines is 1. The molecule has 4 N–H and O–H groups in total. The van der Waals surface area contributed by atoms with Crippen LogP contribution in [0.1, 0.15) is 24.0 Å². The van der Waals surface area contributed by atoms with Gasteiger partial charge in [-0.1, -0.05) is 17.6 Å². The van der Waals surface area contributed by atoms with Crippen LogP contribution in [0.2, 0.25) is 0 Å². The van der Waals surface area contributed by atoms with Crippen molar-refractivity contribution in [3.05, 3.63) is 57.5 Å². The minimum absolute atomic E-state index is 0.0182. The molecule has 0 saturated heterocycles. The highest BCUT2D eigenvalue weighted by Gasteiger charge is 2.36. The summed E-state index contributed by atoms with van der Waals surface area (Å²) in [6, 6.07) is 5.81. The molecule has 4 heterocycles. The minimum Gasteiger partial charge on any atom is -0.438 e. The lowest BCUT2D eigenvalue weighted by molar-refractivity contribution is 0.399. The average molecular weight is 366 g/mol. The van der Waals surface area contributed by atoms with Gasteiger partial charge in [-0.3, -0.25) is 14.2 Å². The molecule has 0 saturated carbocycles. The fourth-order valence-electron chi connectivity index (χ4n) is 3.08. The summed E-state index contributed by atoms with van der Waals surface area (Å²) < 4.78 is 9.03. The van der Waals surface area contributed by atoms with Crippen LogP contribution in [0.3, 0.4) is 0 Å². The second kappa shape index (κ2) is 6.16. The molecule has 0 spiro atoms. The molecule has 0 bridgehead atoms. The summed E-state index contributed by atoms with van der Waals surface area (Å²) in [6.45, 7) is 2.52. The van der Waals surface area contributed by atoms with E-state index in [1.807, 2.05) is 13.0 Å². The molecule has 0 radical (unpaired) electrons. The van der Waals surface area contributed by atoms with Gasteiger partial charge in [-0.25, -0.2) is 4.98 Å². The molecule has 3 aromatic heterocycles. The van der Waals surface area contributed by atoms with Crippen LogP contribution in [0, 0.1) is 11.3 Å². The number of H-pyrrole nitrogens is 1. The van der Waals surface area contributed by atoms with Crippen molar-refractivity contribution in [3.8, 4) is 11.8 Å². The number of pyridine rings is 2. The summed E-state index contributed by atoms with van der Waals surface area (Å²) >= 11 is 1.13. The van der Waals surface area contributed by atoms with Gasteiger partial charge in [0.25, 0.3) is 5.56 Å². The van der Waals surface area contributed by atoms with Crippen LogP contribution >= 0.6 is 11.5 Å². The Bertz CT molecular complexity index is 1130. The fourth-order valence-corrected chi connectivity index (χ4v) is 3.85. The van der Waals surface area contributed by atoms with Crippen molar-refractivity contribution < 1.29 is 4.74 Å². The van der Waals surface area contributed by atoms with Crippen molar-refractivity contribution in [2.24, 2.45) is 5.73 Å². The molecule has 1 aliphatic heterocycles. The number of nitrogens with zero attached hydrogens (tertiary/aromatic N) is 3. The third kappa shape index (κ3) is 2.31. The average Bonchev–Trinajstić information content (AvgIpc) is 3.03. The SMILES string of the molecule is CCNc1nc2c(=O)[nH]sc2c2c1[C@H](c1cccnc1)C(C#N)=C(N)O2. The predicted octanol–water partition coefficient (Wildman–Crippen LogP) is 2.03. The normalized spacial score (nSPS) is 16.1. The zero-order valence-electron chi connectivity index (χ0n) is 13.7. The minimum atomic E-state index is -0.486. The van der Waals surface area contributed by atoms with Gasteiger partial charge in [-0.05, 0) is 18.6 Å². The van der Waals surface area contributed by atoms with Crippen molar-refractivity contribution in [1.29, 1.82) is 5.26 Å². The molecule has 3 aromatic rings. The third-order valence-corrected chi connectivity index (χ3v) is 5.01. The monoisotopic (exact) mass is 366 g/mol. The summed E-state index contributed by atoms with van der Waals surface area (Å²) in [5.41, 5.74) is 7.79. The van der Waals surface area contributed by atoms with E-state index in [1.165, 1.54) is 0 Å². The maximum Gasteiger partial charge on any atom is 0.284 e. The van der Waals surface area contributed by atoms with Crippen molar-refractivity contribution >= 4 is 27.6 Å². The number of hydrogen-bond acceptors (Lipinski definition) is 8. The molecule has 1 aliphatic rings. The first-order chi connectivity index (χ1) is 12.7. The molecule has 8 nitrogen and oxygen atoms in total. The Morgan fingerprint density at radius 1 is 1.54 bits per heavy atom. The number of allylic oxidation sites excluding steroid dienone is 1. The Labute approximate surface area is 152 Å². The Morgan fingerprint density at radius 3 is 3.08 bits per heavy atom. The van der Waals surface area contributed by atoms with Crippen LogP contribution in [0.5, 0.6) is 5.75 Å². The van der Waals surface area contributed by atoms with Crippen LogP contribution in [0.15, 0.2) is 40.8 Å². The Hall–Kier alpha value is -3.38. The molecule has 130 valence electrons. The lowest BCUT2D eigenvalue weighted by Crippen LogP contribution is -2.23. The molecule has 9 heteroatoms. The van der Waals surface area contributed by atoms with E-state index in [-0.39, 0.29) is 22.5 Å². The highest BCUT2D eigenvalue weighted by molar-refractivity contribution is 7.13. The number of nitrogens with one attached hydrogen (secondary N) is 2. The number of rotatable bonds is 3. The predicted molar refractivity (Wildman–Crippen MR) is 97.9 cm³/mol. The second-order valence-corrected chi connectivity index (χ2v) is 6.47. The molecule has 0 fully saturated rings. The van der Waals surface area contributed by atoms with Crippen LogP contribution in [-0.2, 0) is 0 Å². The molecule has 4 rings (SSSR count). The van der Waals surface area contributed by atoms with E-state index in [4.69, 9.17) is 10.5 Å². The van der Waals surface area contributed by atoms with Gasteiger partial charge in [0.2, 0.25) is 5.88 Å².